The number of nitrogens with two attached hydrogens (primary N) is 1. The van der Waals surface area contributed by atoms with Gasteiger partial charge < -0.3 is 11.1 Å². The van der Waals surface area contributed by atoms with Crippen LogP contribution in [0, 0.1) is 3.57 Å². The van der Waals surface area contributed by atoms with Gasteiger partial charge in [-0.05, 0) is 40.8 Å². The molecule has 3 N–H and O–H groups in total. The third-order valence-electron chi connectivity index (χ3n) is 1.60. The first-order valence-corrected chi connectivity index (χ1v) is 5.88. The maximum Gasteiger partial charge on any atom is 0.252 e. The number of rotatable bonds is 3. The number of carbonyl (C=O) groups excluding carboxylic acids is 1. The van der Waals surface area contributed by atoms with Crippen LogP contribution in [0.4, 0.5) is 0 Å². The Labute approximate surface area is 112 Å². The van der Waals surface area contributed by atoms with E-state index in [4.69, 9.17) is 17.3 Å². The number of benzene rings is 1. The van der Waals surface area contributed by atoms with Gasteiger partial charge in [0.25, 0.3) is 5.91 Å². The summed E-state index contributed by atoms with van der Waals surface area (Å²) in [6, 6.07) is 5.12. The van der Waals surface area contributed by atoms with E-state index in [-0.39, 0.29) is 17.4 Å². The quantitative estimate of drug-likeness (QED) is 0.644. The highest BCUT2D eigenvalue weighted by atomic mass is 127. The normalized spacial score (nSPS) is 9.73. The van der Waals surface area contributed by atoms with Gasteiger partial charge in [-0.25, -0.2) is 0 Å². The largest absolute Gasteiger partial charge is 0.392 e. The molecule has 0 atom stereocenters. The van der Waals surface area contributed by atoms with Gasteiger partial charge in [0.05, 0.1) is 17.1 Å². The van der Waals surface area contributed by atoms with Gasteiger partial charge in [-0.3, -0.25) is 4.79 Å². The van der Waals surface area contributed by atoms with E-state index < -0.39 is 0 Å². The second-order valence-corrected chi connectivity index (χ2v) is 4.90. The minimum Gasteiger partial charge on any atom is -0.392 e. The lowest BCUT2D eigenvalue weighted by molar-refractivity contribution is 0.0958. The lowest BCUT2D eigenvalue weighted by atomic mass is 10.2. The van der Waals surface area contributed by atoms with Crippen LogP contribution in [-0.4, -0.2) is 17.4 Å². The Balaban J connectivity index is 2.81. The molecule has 1 aromatic rings. The number of carbonyl (C=O) groups is 1. The fourth-order valence-corrected chi connectivity index (χ4v) is 1.76. The van der Waals surface area contributed by atoms with Crippen LogP contribution in [0.1, 0.15) is 10.4 Å². The van der Waals surface area contributed by atoms with Crippen molar-refractivity contribution in [2.75, 3.05) is 6.54 Å². The van der Waals surface area contributed by atoms with Crippen LogP contribution < -0.4 is 11.1 Å². The van der Waals surface area contributed by atoms with E-state index in [9.17, 15) is 4.79 Å². The fourth-order valence-electron chi connectivity index (χ4n) is 0.934. The zero-order valence-electron chi connectivity index (χ0n) is 7.59. The lowest BCUT2D eigenvalue weighted by Gasteiger charge is -2.06. The zero-order valence-corrected chi connectivity index (χ0v) is 11.3. The number of halogens is 2. The van der Waals surface area contributed by atoms with Crippen LogP contribution >= 0.6 is 46.4 Å². The molecule has 0 spiro atoms. The maximum atomic E-state index is 11.6. The van der Waals surface area contributed by atoms with Crippen molar-refractivity contribution in [1.29, 1.82) is 0 Å². The van der Waals surface area contributed by atoms with Crippen molar-refractivity contribution < 1.29 is 4.79 Å². The van der Waals surface area contributed by atoms with Crippen molar-refractivity contribution in [3.63, 3.8) is 0 Å². The second kappa shape index (κ2) is 5.62. The molecule has 0 aliphatic carbocycles. The number of hydrogen-bond donors (Lipinski definition) is 2. The topological polar surface area (TPSA) is 55.1 Å². The lowest BCUT2D eigenvalue weighted by Crippen LogP contribution is -2.32. The molecule has 0 radical (unpaired) electrons. The molecule has 0 aromatic heterocycles. The highest BCUT2D eigenvalue weighted by Gasteiger charge is 2.09. The predicted octanol–water partition coefficient (Wildman–Crippen LogP) is 1.96. The molecule has 0 bridgehead atoms. The van der Waals surface area contributed by atoms with Gasteiger partial charge in [-0.15, -0.1) is 0 Å². The van der Waals surface area contributed by atoms with Gasteiger partial charge in [0.1, 0.15) is 0 Å². The minimum atomic E-state index is -0.227. The Morgan fingerprint density at radius 2 is 2.27 bits per heavy atom. The van der Waals surface area contributed by atoms with E-state index in [2.05, 4.69) is 40.1 Å². The average Bonchev–Trinajstić information content (AvgIpc) is 2.18. The molecule has 6 heteroatoms. The fraction of sp³-hybridized carbons (Fsp3) is 0.111. The van der Waals surface area contributed by atoms with E-state index in [0.29, 0.717) is 10.6 Å². The second-order valence-electron chi connectivity index (χ2n) is 2.77. The van der Waals surface area contributed by atoms with Crippen LogP contribution in [0.3, 0.4) is 0 Å². The van der Waals surface area contributed by atoms with Crippen LogP contribution in [0.25, 0.3) is 0 Å². The highest BCUT2D eigenvalue weighted by molar-refractivity contribution is 14.1. The van der Waals surface area contributed by atoms with Gasteiger partial charge >= 0.3 is 0 Å². The molecule has 0 aliphatic rings. The van der Waals surface area contributed by atoms with Crippen molar-refractivity contribution in [2.24, 2.45) is 5.73 Å². The number of hydrogen-bond acceptors (Lipinski definition) is 2. The Hall–Kier alpha value is -0.400. The third kappa shape index (κ3) is 3.92. The SMILES string of the molecule is NC(=S)CNC(=O)c1cc(Cl)ccc1I. The van der Waals surface area contributed by atoms with Crippen LogP contribution in [-0.2, 0) is 0 Å². The zero-order chi connectivity index (χ0) is 11.4. The summed E-state index contributed by atoms with van der Waals surface area (Å²) in [6.07, 6.45) is 0. The van der Waals surface area contributed by atoms with Gasteiger partial charge in [0.2, 0.25) is 0 Å². The summed E-state index contributed by atoms with van der Waals surface area (Å²) in [7, 11) is 0. The smallest absolute Gasteiger partial charge is 0.252 e. The predicted molar refractivity (Wildman–Crippen MR) is 73.3 cm³/mol. The molecule has 0 saturated heterocycles. The van der Waals surface area contributed by atoms with Gasteiger partial charge in [-0.2, -0.15) is 0 Å². The van der Waals surface area contributed by atoms with Crippen LogP contribution in [0.15, 0.2) is 18.2 Å². The van der Waals surface area contributed by atoms with Crippen LogP contribution in [0.5, 0.6) is 0 Å². The van der Waals surface area contributed by atoms with Crippen molar-refractivity contribution >= 4 is 57.3 Å². The third-order valence-corrected chi connectivity index (χ3v) is 2.92. The maximum absolute atomic E-state index is 11.6. The monoisotopic (exact) mass is 354 g/mol. The molecule has 0 heterocycles. The van der Waals surface area contributed by atoms with Gasteiger partial charge in [0, 0.05) is 8.59 Å². The Morgan fingerprint density at radius 1 is 1.60 bits per heavy atom. The number of nitrogens with one attached hydrogen (secondary N) is 1. The Morgan fingerprint density at radius 3 is 2.87 bits per heavy atom. The summed E-state index contributed by atoms with van der Waals surface area (Å²) >= 11 is 12.5. The van der Waals surface area contributed by atoms with E-state index in [1.165, 1.54) is 0 Å². The van der Waals surface area contributed by atoms with E-state index in [1.807, 2.05) is 0 Å². The molecule has 1 amide bonds. The summed E-state index contributed by atoms with van der Waals surface area (Å²) in [5.41, 5.74) is 5.80. The van der Waals surface area contributed by atoms with Crippen molar-refractivity contribution in [2.45, 2.75) is 0 Å². The summed E-state index contributed by atoms with van der Waals surface area (Å²) in [6.45, 7) is 0.191. The number of thiocarbonyl (C=S) groups is 1. The van der Waals surface area contributed by atoms with Crippen molar-refractivity contribution in [1.82, 2.24) is 5.32 Å². The molecule has 0 unspecified atom stereocenters. The molecule has 0 aliphatic heterocycles. The highest BCUT2D eigenvalue weighted by Crippen LogP contribution is 2.17. The van der Waals surface area contributed by atoms with Crippen molar-refractivity contribution in [3.8, 4) is 0 Å². The van der Waals surface area contributed by atoms with Crippen molar-refractivity contribution in [3.05, 3.63) is 32.4 Å². The minimum absolute atomic E-state index is 0.191. The first-order valence-electron chi connectivity index (χ1n) is 4.02. The standard InChI is InChI=1S/C9H8ClIN2OS/c10-5-1-2-7(11)6(3-5)9(14)13-4-8(12)15/h1-3H,4H2,(H2,12,15)(H,13,14). The van der Waals surface area contributed by atoms with Gasteiger partial charge in [0.15, 0.2) is 0 Å². The first kappa shape index (κ1) is 12.7. The molecular formula is C9H8ClIN2OS. The molecule has 80 valence electrons. The molecule has 1 rings (SSSR count). The van der Waals surface area contributed by atoms with Crippen LogP contribution in [0.2, 0.25) is 5.02 Å². The molecule has 0 fully saturated rings. The Bertz CT molecular complexity index is 411. The molecule has 15 heavy (non-hydrogen) atoms. The van der Waals surface area contributed by atoms with E-state index >= 15 is 0 Å². The summed E-state index contributed by atoms with van der Waals surface area (Å²) in [5, 5.41) is 3.12. The average molecular weight is 355 g/mol. The Kier molecular flexibility index (Phi) is 4.75. The molecule has 3 nitrogen and oxygen atoms in total. The summed E-state index contributed by atoms with van der Waals surface area (Å²) in [4.78, 5) is 11.9. The first-order chi connectivity index (χ1) is 7.00. The van der Waals surface area contributed by atoms with E-state index in [0.717, 1.165) is 3.57 Å². The summed E-state index contributed by atoms with van der Waals surface area (Å²) < 4.78 is 0.831. The molecular weight excluding hydrogens is 347 g/mol. The number of amides is 1. The molecule has 1 aromatic carbocycles. The molecule has 0 saturated carbocycles. The summed E-state index contributed by atoms with van der Waals surface area (Å²) in [5.74, 6) is -0.227. The van der Waals surface area contributed by atoms with E-state index in [1.54, 1.807) is 18.2 Å². The van der Waals surface area contributed by atoms with Gasteiger partial charge in [-0.1, -0.05) is 23.8 Å².